The summed E-state index contributed by atoms with van der Waals surface area (Å²) < 4.78 is 12.5. The molecule has 1 N–H and O–H groups in total. The van der Waals surface area contributed by atoms with Gasteiger partial charge in [-0.25, -0.2) is 0 Å². The zero-order valence-corrected chi connectivity index (χ0v) is 17.0. The first-order valence-corrected chi connectivity index (χ1v) is 9.92. The van der Waals surface area contributed by atoms with Crippen LogP contribution in [0.4, 0.5) is 0 Å². The van der Waals surface area contributed by atoms with Crippen LogP contribution in [0.3, 0.4) is 0 Å². The molecule has 0 amide bonds. The summed E-state index contributed by atoms with van der Waals surface area (Å²) in [4.78, 5) is 22.7. The van der Waals surface area contributed by atoms with Crippen molar-refractivity contribution in [1.29, 1.82) is 0 Å². The third-order valence-corrected chi connectivity index (χ3v) is 5.65. The summed E-state index contributed by atoms with van der Waals surface area (Å²) in [6.07, 6.45) is 0. The van der Waals surface area contributed by atoms with Gasteiger partial charge in [-0.3, -0.25) is 9.36 Å². The van der Waals surface area contributed by atoms with Crippen molar-refractivity contribution in [2.75, 3.05) is 0 Å². The maximum atomic E-state index is 12.5. The Morgan fingerprint density at radius 3 is 1.78 bits per heavy atom. The molecular formula is C22H22LiO3P. The molecule has 134 valence electrons. The predicted octanol–water partition coefficient (Wildman–Crippen LogP) is 1.84. The SMILES string of the molecule is Cc1cc(C)c(C(=O)P(=O)(O)c2ccccc2)c(C)c1.[Li+].[c-]1ccccc1. The average molecular weight is 372 g/mol. The first-order valence-electron chi connectivity index (χ1n) is 8.26. The monoisotopic (exact) mass is 372 g/mol. The molecule has 0 radical (unpaired) electrons. The summed E-state index contributed by atoms with van der Waals surface area (Å²) in [5, 5.41) is 0.171. The van der Waals surface area contributed by atoms with Gasteiger partial charge in [-0.15, -0.1) is 0 Å². The van der Waals surface area contributed by atoms with Gasteiger partial charge in [-0.1, -0.05) is 35.9 Å². The molecule has 3 nitrogen and oxygen atoms in total. The Labute approximate surface area is 173 Å². The first kappa shape index (κ1) is 23.2. The van der Waals surface area contributed by atoms with Crippen molar-refractivity contribution in [3.8, 4) is 0 Å². The molecule has 0 spiro atoms. The van der Waals surface area contributed by atoms with E-state index in [0.29, 0.717) is 5.56 Å². The Kier molecular flexibility index (Phi) is 8.96. The molecule has 0 aromatic heterocycles. The molecule has 0 saturated carbocycles. The molecular weight excluding hydrogens is 350 g/mol. The third-order valence-electron chi connectivity index (χ3n) is 3.88. The molecule has 5 heteroatoms. The molecule has 0 aliphatic rings. The fourth-order valence-corrected chi connectivity index (χ4v) is 4.22. The number of rotatable bonds is 3. The standard InChI is InChI=1S/C16H17O3P.C6H5.Li/c1-11-9-12(2)15(13(3)10-11)16(17)20(18,19)14-7-5-4-6-8-14;1-2-4-6-5-3-1;/h4-10H,1-3H3,(H,18,19);1-5H;/q;-1;+1. The Morgan fingerprint density at radius 2 is 1.37 bits per heavy atom. The molecule has 3 rings (SSSR count). The van der Waals surface area contributed by atoms with Crippen LogP contribution in [0.25, 0.3) is 0 Å². The second-order valence-corrected chi connectivity index (χ2v) is 8.14. The number of hydrogen-bond acceptors (Lipinski definition) is 2. The Bertz CT molecular complexity index is 875. The molecule has 0 bridgehead atoms. The van der Waals surface area contributed by atoms with Crippen molar-refractivity contribution >= 4 is 18.2 Å². The summed E-state index contributed by atoms with van der Waals surface area (Å²) in [6.45, 7) is 5.51. The number of carbonyl (C=O) groups excluding carboxylic acids is 1. The van der Waals surface area contributed by atoms with E-state index in [9.17, 15) is 14.3 Å². The topological polar surface area (TPSA) is 54.4 Å². The fraction of sp³-hybridized carbons (Fsp3) is 0.136. The molecule has 3 aromatic carbocycles. The summed E-state index contributed by atoms with van der Waals surface area (Å²) in [7, 11) is -4.07. The van der Waals surface area contributed by atoms with Gasteiger partial charge < -0.3 is 4.89 Å². The molecule has 27 heavy (non-hydrogen) atoms. The van der Waals surface area contributed by atoms with Crippen LogP contribution in [0.2, 0.25) is 0 Å². The van der Waals surface area contributed by atoms with Crippen LogP contribution >= 0.6 is 7.37 Å². The van der Waals surface area contributed by atoms with E-state index in [0.717, 1.165) is 16.7 Å². The summed E-state index contributed by atoms with van der Waals surface area (Å²) in [5.74, 6) is 0. The smallest absolute Gasteiger partial charge is 0.336 e. The molecule has 0 heterocycles. The molecule has 1 unspecified atom stereocenters. The van der Waals surface area contributed by atoms with Crippen molar-refractivity contribution in [3.05, 3.63) is 101 Å². The number of aryl methyl sites for hydroxylation is 3. The zero-order chi connectivity index (χ0) is 19.2. The molecule has 0 aliphatic carbocycles. The Balaban J connectivity index is 0.000000444. The quantitative estimate of drug-likeness (QED) is 0.434. The van der Waals surface area contributed by atoms with Crippen LogP contribution < -0.4 is 24.2 Å². The van der Waals surface area contributed by atoms with Gasteiger partial charge in [0.2, 0.25) is 0 Å². The van der Waals surface area contributed by atoms with Gasteiger partial charge in [0.15, 0.2) is 0 Å². The Hall–Kier alpha value is -1.88. The first-order chi connectivity index (χ1) is 12.3. The van der Waals surface area contributed by atoms with Gasteiger partial charge in [-0.2, -0.15) is 36.4 Å². The number of hydrogen-bond donors (Lipinski definition) is 1. The predicted molar refractivity (Wildman–Crippen MR) is 106 cm³/mol. The molecule has 3 aromatic rings. The summed E-state index contributed by atoms with van der Waals surface area (Å²) in [6, 6.07) is 24.3. The van der Waals surface area contributed by atoms with E-state index in [1.165, 1.54) is 12.1 Å². The van der Waals surface area contributed by atoms with Crippen LogP contribution in [0.5, 0.6) is 0 Å². The number of benzene rings is 3. The number of carbonyl (C=O) groups is 1. The largest absolute Gasteiger partial charge is 1.00 e. The van der Waals surface area contributed by atoms with Crippen molar-refractivity contribution in [2.24, 2.45) is 0 Å². The molecule has 0 saturated heterocycles. The third kappa shape index (κ3) is 6.06. The van der Waals surface area contributed by atoms with Crippen LogP contribution in [0.1, 0.15) is 27.0 Å². The van der Waals surface area contributed by atoms with E-state index in [2.05, 4.69) is 6.07 Å². The summed E-state index contributed by atoms with van der Waals surface area (Å²) >= 11 is 0. The van der Waals surface area contributed by atoms with Crippen LogP contribution in [0, 0.1) is 26.8 Å². The minimum atomic E-state index is -4.07. The fourth-order valence-electron chi connectivity index (χ4n) is 2.76. The summed E-state index contributed by atoms with van der Waals surface area (Å²) in [5.41, 5.74) is 2.16. The van der Waals surface area contributed by atoms with E-state index in [4.69, 9.17) is 0 Å². The van der Waals surface area contributed by atoms with Gasteiger partial charge >= 0.3 is 18.9 Å². The van der Waals surface area contributed by atoms with Crippen LogP contribution in [0.15, 0.2) is 72.8 Å². The van der Waals surface area contributed by atoms with E-state index < -0.39 is 12.9 Å². The van der Waals surface area contributed by atoms with Crippen LogP contribution in [-0.2, 0) is 4.57 Å². The van der Waals surface area contributed by atoms with E-state index >= 15 is 0 Å². The van der Waals surface area contributed by atoms with Crippen molar-refractivity contribution in [2.45, 2.75) is 20.8 Å². The van der Waals surface area contributed by atoms with Crippen LogP contribution in [-0.4, -0.2) is 10.4 Å². The van der Waals surface area contributed by atoms with Crippen molar-refractivity contribution in [1.82, 2.24) is 0 Å². The van der Waals surface area contributed by atoms with Gasteiger partial charge in [-0.05, 0) is 44.0 Å². The van der Waals surface area contributed by atoms with Gasteiger partial charge in [0.1, 0.15) is 0 Å². The Morgan fingerprint density at radius 1 is 0.889 bits per heavy atom. The van der Waals surface area contributed by atoms with Gasteiger partial charge in [0.05, 0.1) is 0 Å². The molecule has 0 aliphatic heterocycles. The maximum absolute atomic E-state index is 12.5. The second-order valence-electron chi connectivity index (χ2n) is 6.07. The zero-order valence-electron chi connectivity index (χ0n) is 16.1. The maximum Gasteiger partial charge on any atom is 1.00 e. The van der Waals surface area contributed by atoms with Gasteiger partial charge in [0, 0.05) is 10.9 Å². The molecule has 1 atom stereocenters. The normalized spacial score (nSPS) is 12.0. The minimum absolute atomic E-state index is 0. The average Bonchev–Trinajstić information content (AvgIpc) is 2.63. The van der Waals surface area contributed by atoms with Crippen molar-refractivity contribution < 1.29 is 33.1 Å². The van der Waals surface area contributed by atoms with Crippen molar-refractivity contribution in [3.63, 3.8) is 0 Å². The second kappa shape index (κ2) is 10.5. The van der Waals surface area contributed by atoms with E-state index in [1.54, 1.807) is 32.0 Å². The van der Waals surface area contributed by atoms with E-state index in [1.807, 2.05) is 49.4 Å². The van der Waals surface area contributed by atoms with Gasteiger partial charge in [0.25, 0.3) is 12.9 Å². The molecule has 0 fully saturated rings. The minimum Gasteiger partial charge on any atom is -0.336 e. The van der Waals surface area contributed by atoms with E-state index in [-0.39, 0.29) is 24.2 Å².